The molecule has 1 fully saturated rings. The normalized spacial score (nSPS) is 16.8. The number of carboxylic acid groups (broad SMARTS) is 1. The number of aliphatic hydroxyl groups is 1. The third kappa shape index (κ3) is 2.78. The summed E-state index contributed by atoms with van der Waals surface area (Å²) in [6.45, 7) is 4.50. The Morgan fingerprint density at radius 3 is 2.41 bits per heavy atom. The average molecular weight is 306 g/mol. The van der Waals surface area contributed by atoms with E-state index in [9.17, 15) is 19.8 Å². The Labute approximate surface area is 129 Å². The minimum absolute atomic E-state index is 0.0990. The van der Waals surface area contributed by atoms with E-state index in [2.05, 4.69) is 5.32 Å². The molecule has 6 nitrogen and oxygen atoms in total. The highest BCUT2D eigenvalue weighted by molar-refractivity contribution is 5.92. The lowest BCUT2D eigenvalue weighted by Crippen LogP contribution is -2.62. The van der Waals surface area contributed by atoms with Crippen LogP contribution in [0.5, 0.6) is 0 Å². The maximum absolute atomic E-state index is 12.8. The Kier molecular flexibility index (Phi) is 4.71. The minimum atomic E-state index is -1.65. The van der Waals surface area contributed by atoms with Crippen molar-refractivity contribution >= 4 is 12.0 Å². The Hall–Kier alpha value is -2.08. The SMILES string of the molecule is CC(C)c1ccccc1C(CO)(NC(=O)O)C(=O)N1CCC1. The highest BCUT2D eigenvalue weighted by atomic mass is 16.4. The Morgan fingerprint density at radius 1 is 1.32 bits per heavy atom. The zero-order chi connectivity index (χ0) is 16.3. The summed E-state index contributed by atoms with van der Waals surface area (Å²) in [5.41, 5.74) is -0.279. The maximum Gasteiger partial charge on any atom is 0.405 e. The molecule has 1 aliphatic heterocycles. The van der Waals surface area contributed by atoms with Crippen LogP contribution < -0.4 is 5.32 Å². The molecule has 1 saturated heterocycles. The number of aliphatic hydroxyl groups excluding tert-OH is 1. The van der Waals surface area contributed by atoms with E-state index in [4.69, 9.17) is 0 Å². The molecular weight excluding hydrogens is 284 g/mol. The van der Waals surface area contributed by atoms with Gasteiger partial charge in [0.25, 0.3) is 5.91 Å². The lowest BCUT2D eigenvalue weighted by Gasteiger charge is -2.41. The molecule has 1 aromatic carbocycles. The Bertz CT molecular complexity index is 569. The molecule has 1 unspecified atom stereocenters. The summed E-state index contributed by atoms with van der Waals surface area (Å²) in [6.07, 6.45) is -0.437. The first-order chi connectivity index (χ1) is 10.4. The largest absolute Gasteiger partial charge is 0.465 e. The zero-order valence-corrected chi connectivity index (χ0v) is 12.9. The van der Waals surface area contributed by atoms with Gasteiger partial charge in [0, 0.05) is 13.1 Å². The lowest BCUT2D eigenvalue weighted by atomic mass is 9.81. The number of benzene rings is 1. The summed E-state index contributed by atoms with van der Waals surface area (Å²) in [6, 6.07) is 7.16. The Balaban J connectivity index is 2.56. The van der Waals surface area contributed by atoms with E-state index in [-0.39, 0.29) is 5.92 Å². The summed E-state index contributed by atoms with van der Waals surface area (Å²) in [5, 5.41) is 21.4. The van der Waals surface area contributed by atoms with Crippen molar-refractivity contribution in [2.45, 2.75) is 31.7 Å². The van der Waals surface area contributed by atoms with Crippen LogP contribution in [0.15, 0.2) is 24.3 Å². The topological polar surface area (TPSA) is 89.9 Å². The minimum Gasteiger partial charge on any atom is -0.465 e. The summed E-state index contributed by atoms with van der Waals surface area (Å²) >= 11 is 0. The van der Waals surface area contributed by atoms with E-state index >= 15 is 0 Å². The average Bonchev–Trinajstić information content (AvgIpc) is 2.42. The van der Waals surface area contributed by atoms with E-state index in [1.807, 2.05) is 26.0 Å². The van der Waals surface area contributed by atoms with Crippen molar-refractivity contribution in [1.82, 2.24) is 10.2 Å². The summed E-state index contributed by atoms with van der Waals surface area (Å²) in [7, 11) is 0. The highest BCUT2D eigenvalue weighted by Crippen LogP contribution is 2.32. The lowest BCUT2D eigenvalue weighted by molar-refractivity contribution is -0.144. The number of rotatable bonds is 5. The van der Waals surface area contributed by atoms with Crippen LogP contribution in [0, 0.1) is 0 Å². The molecule has 0 spiro atoms. The molecule has 0 aromatic heterocycles. The van der Waals surface area contributed by atoms with Crippen LogP contribution in [0.4, 0.5) is 4.79 Å². The van der Waals surface area contributed by atoms with Gasteiger partial charge in [0.15, 0.2) is 5.54 Å². The van der Waals surface area contributed by atoms with Crippen molar-refractivity contribution in [2.24, 2.45) is 0 Å². The standard InChI is InChI=1S/C16H22N2O4/c1-11(2)12-6-3-4-7-13(12)16(10-19,17-15(21)22)14(20)18-8-5-9-18/h3-4,6-7,11,17,19H,5,8-10H2,1-2H3,(H,21,22). The predicted molar refractivity (Wildman–Crippen MR) is 81.7 cm³/mol. The van der Waals surface area contributed by atoms with Gasteiger partial charge < -0.3 is 20.4 Å². The van der Waals surface area contributed by atoms with Crippen LogP contribution in [-0.2, 0) is 10.3 Å². The number of hydrogen-bond donors (Lipinski definition) is 3. The number of carbonyl (C=O) groups is 2. The molecule has 6 heteroatoms. The Morgan fingerprint density at radius 2 is 1.95 bits per heavy atom. The molecule has 1 aliphatic rings. The van der Waals surface area contributed by atoms with E-state index in [0.717, 1.165) is 12.0 Å². The van der Waals surface area contributed by atoms with Gasteiger partial charge in [0.05, 0.1) is 6.61 Å². The fourth-order valence-corrected chi connectivity index (χ4v) is 2.79. The van der Waals surface area contributed by atoms with Gasteiger partial charge in [-0.25, -0.2) is 4.79 Å². The molecule has 1 aromatic rings. The van der Waals surface area contributed by atoms with Crippen molar-refractivity contribution in [3.8, 4) is 0 Å². The number of hydrogen-bond acceptors (Lipinski definition) is 3. The van der Waals surface area contributed by atoms with Crippen molar-refractivity contribution in [3.05, 3.63) is 35.4 Å². The number of nitrogens with one attached hydrogen (secondary N) is 1. The molecule has 2 amide bonds. The second-order valence-corrected chi connectivity index (χ2v) is 5.88. The second kappa shape index (κ2) is 6.36. The molecule has 120 valence electrons. The van der Waals surface area contributed by atoms with Gasteiger partial charge in [-0.15, -0.1) is 0 Å². The molecule has 0 aliphatic carbocycles. The van der Waals surface area contributed by atoms with Gasteiger partial charge in [-0.1, -0.05) is 38.1 Å². The summed E-state index contributed by atoms with van der Waals surface area (Å²) in [5.74, 6) is -0.293. The third-order valence-corrected chi connectivity index (χ3v) is 4.11. The number of nitrogens with zero attached hydrogens (tertiary/aromatic N) is 1. The van der Waals surface area contributed by atoms with Gasteiger partial charge in [0.1, 0.15) is 0 Å². The molecule has 3 N–H and O–H groups in total. The molecule has 0 saturated carbocycles. The van der Waals surface area contributed by atoms with Gasteiger partial charge >= 0.3 is 6.09 Å². The molecule has 22 heavy (non-hydrogen) atoms. The fraction of sp³-hybridized carbons (Fsp3) is 0.500. The zero-order valence-electron chi connectivity index (χ0n) is 12.9. The van der Waals surface area contributed by atoms with Gasteiger partial charge in [-0.3, -0.25) is 4.79 Å². The first-order valence-corrected chi connectivity index (χ1v) is 7.43. The van der Waals surface area contributed by atoms with Crippen LogP contribution in [0.2, 0.25) is 0 Å². The molecule has 2 rings (SSSR count). The monoisotopic (exact) mass is 306 g/mol. The van der Waals surface area contributed by atoms with Crippen LogP contribution in [-0.4, -0.2) is 46.8 Å². The van der Waals surface area contributed by atoms with Gasteiger partial charge in [-0.05, 0) is 23.5 Å². The molecule has 0 bridgehead atoms. The second-order valence-electron chi connectivity index (χ2n) is 5.88. The van der Waals surface area contributed by atoms with Crippen molar-refractivity contribution in [3.63, 3.8) is 0 Å². The first kappa shape index (κ1) is 16.3. The summed E-state index contributed by atoms with van der Waals surface area (Å²) < 4.78 is 0. The highest BCUT2D eigenvalue weighted by Gasteiger charge is 2.46. The number of likely N-dealkylation sites (tertiary alicyclic amines) is 1. The van der Waals surface area contributed by atoms with Crippen molar-refractivity contribution < 1.29 is 19.8 Å². The van der Waals surface area contributed by atoms with Crippen LogP contribution in [0.25, 0.3) is 0 Å². The number of carbonyl (C=O) groups excluding carboxylic acids is 1. The smallest absolute Gasteiger partial charge is 0.405 e. The predicted octanol–water partition coefficient (Wildman–Crippen LogP) is 1.50. The molecular formula is C16H22N2O4. The van der Waals surface area contributed by atoms with Crippen LogP contribution >= 0.6 is 0 Å². The fourth-order valence-electron chi connectivity index (χ4n) is 2.79. The van der Waals surface area contributed by atoms with E-state index in [1.165, 1.54) is 0 Å². The first-order valence-electron chi connectivity index (χ1n) is 7.43. The van der Waals surface area contributed by atoms with E-state index in [1.54, 1.807) is 17.0 Å². The van der Waals surface area contributed by atoms with Crippen LogP contribution in [0.3, 0.4) is 0 Å². The van der Waals surface area contributed by atoms with E-state index < -0.39 is 24.1 Å². The quantitative estimate of drug-likeness (QED) is 0.769. The molecule has 1 heterocycles. The third-order valence-electron chi connectivity index (χ3n) is 4.11. The molecule has 1 atom stereocenters. The van der Waals surface area contributed by atoms with Gasteiger partial charge in [0.2, 0.25) is 0 Å². The number of amides is 2. The van der Waals surface area contributed by atoms with Crippen molar-refractivity contribution in [1.29, 1.82) is 0 Å². The van der Waals surface area contributed by atoms with Crippen LogP contribution in [0.1, 0.15) is 37.3 Å². The molecule has 0 radical (unpaired) electrons. The maximum atomic E-state index is 12.8. The van der Waals surface area contributed by atoms with E-state index in [0.29, 0.717) is 18.7 Å². The summed E-state index contributed by atoms with van der Waals surface area (Å²) in [4.78, 5) is 25.7. The van der Waals surface area contributed by atoms with Gasteiger partial charge in [-0.2, -0.15) is 0 Å². The van der Waals surface area contributed by atoms with Crippen molar-refractivity contribution in [2.75, 3.05) is 19.7 Å².